The number of hydrogen-bond donors (Lipinski definition) is 0. The van der Waals surface area contributed by atoms with E-state index in [4.69, 9.17) is 4.74 Å². The van der Waals surface area contributed by atoms with Crippen LogP contribution >= 0.6 is 0 Å². The van der Waals surface area contributed by atoms with Crippen molar-refractivity contribution in [3.05, 3.63) is 29.1 Å². The van der Waals surface area contributed by atoms with Crippen LogP contribution in [0.2, 0.25) is 0 Å². The second-order valence-corrected chi connectivity index (χ2v) is 3.00. The minimum absolute atomic E-state index is 0. The van der Waals surface area contributed by atoms with Gasteiger partial charge >= 0.3 is 18.9 Å². The van der Waals surface area contributed by atoms with Crippen molar-refractivity contribution >= 4 is 5.97 Å². The number of aromatic carboxylic acids is 1. The number of carbonyl (C=O) groups excluding carboxylic acids is 1. The Morgan fingerprint density at radius 2 is 2.43 bits per heavy atom. The van der Waals surface area contributed by atoms with Crippen LogP contribution in [0, 0.1) is 0 Å². The number of rotatable bonds is 1. The summed E-state index contributed by atoms with van der Waals surface area (Å²) < 4.78 is 5.28. The average Bonchev–Trinajstić information content (AvgIpc) is 2.47. The largest absolute Gasteiger partial charge is 1.00 e. The fraction of sp³-hybridized carbons (Fsp3) is 0.333. The molecule has 0 saturated carbocycles. The third kappa shape index (κ3) is 1.83. The Morgan fingerprint density at radius 1 is 1.71 bits per heavy atom. The number of carboxylic acids is 1. The van der Waals surface area contributed by atoms with Gasteiger partial charge in [0.25, 0.3) is 0 Å². The molecule has 0 amide bonds. The number of aromatic nitrogens is 1. The summed E-state index contributed by atoms with van der Waals surface area (Å²) in [6.07, 6.45) is 1.23. The van der Waals surface area contributed by atoms with Gasteiger partial charge in [-0.2, -0.15) is 0 Å². The van der Waals surface area contributed by atoms with Gasteiger partial charge in [0.2, 0.25) is 0 Å². The first-order valence-corrected chi connectivity index (χ1v) is 4.00. The monoisotopic (exact) mass is 185 g/mol. The van der Waals surface area contributed by atoms with E-state index in [-0.39, 0.29) is 30.5 Å². The van der Waals surface area contributed by atoms with E-state index in [9.17, 15) is 9.90 Å². The Bertz CT molecular complexity index is 367. The van der Waals surface area contributed by atoms with E-state index in [0.29, 0.717) is 6.61 Å². The SMILES string of the molecule is CC1OCc2ncc(C(=O)[O-])cc21.[Li+]. The molecule has 0 aromatic carbocycles. The van der Waals surface area contributed by atoms with Gasteiger partial charge in [0.15, 0.2) is 0 Å². The van der Waals surface area contributed by atoms with E-state index < -0.39 is 5.97 Å². The fourth-order valence-corrected chi connectivity index (χ4v) is 1.39. The molecule has 1 aromatic heterocycles. The zero-order chi connectivity index (χ0) is 9.42. The fourth-order valence-electron chi connectivity index (χ4n) is 1.39. The molecule has 14 heavy (non-hydrogen) atoms. The molecule has 2 rings (SSSR count). The van der Waals surface area contributed by atoms with Gasteiger partial charge in [0, 0.05) is 17.3 Å². The van der Waals surface area contributed by atoms with Crippen molar-refractivity contribution in [1.29, 1.82) is 0 Å². The molecule has 0 saturated heterocycles. The Kier molecular flexibility index (Phi) is 3.33. The molecule has 0 N–H and O–H groups in total. The van der Waals surface area contributed by atoms with Gasteiger partial charge in [-0.3, -0.25) is 4.98 Å². The van der Waals surface area contributed by atoms with Gasteiger partial charge in [-0.25, -0.2) is 0 Å². The van der Waals surface area contributed by atoms with Crippen molar-refractivity contribution in [2.24, 2.45) is 0 Å². The van der Waals surface area contributed by atoms with Gasteiger partial charge in [-0.1, -0.05) is 0 Å². The van der Waals surface area contributed by atoms with Crippen molar-refractivity contribution in [1.82, 2.24) is 4.98 Å². The summed E-state index contributed by atoms with van der Waals surface area (Å²) in [5.74, 6) is -1.20. The molecule has 0 radical (unpaired) electrons. The standard InChI is InChI=1S/C9H9NO3.Li/c1-5-7-2-6(9(11)12)3-10-8(7)4-13-5;/h2-3,5H,4H2,1H3,(H,11,12);/q;+1/p-1. The summed E-state index contributed by atoms with van der Waals surface area (Å²) >= 11 is 0. The normalized spacial score (nSPS) is 18.5. The third-order valence-corrected chi connectivity index (χ3v) is 2.15. The predicted molar refractivity (Wildman–Crippen MR) is 41.8 cm³/mol. The molecule has 1 unspecified atom stereocenters. The average molecular weight is 185 g/mol. The second-order valence-electron chi connectivity index (χ2n) is 3.00. The summed E-state index contributed by atoms with van der Waals surface area (Å²) in [7, 11) is 0. The van der Waals surface area contributed by atoms with Crippen molar-refractivity contribution < 1.29 is 33.5 Å². The molecular formula is C9H8LiNO3. The van der Waals surface area contributed by atoms with Crippen molar-refractivity contribution in [3.8, 4) is 0 Å². The van der Waals surface area contributed by atoms with Gasteiger partial charge in [-0.15, -0.1) is 0 Å². The van der Waals surface area contributed by atoms with Gasteiger partial charge in [0.05, 0.1) is 24.4 Å². The maximum absolute atomic E-state index is 10.5. The molecule has 1 aliphatic rings. The van der Waals surface area contributed by atoms with E-state index in [1.165, 1.54) is 6.20 Å². The zero-order valence-corrected chi connectivity index (χ0v) is 8.11. The number of hydrogen-bond acceptors (Lipinski definition) is 4. The molecule has 1 atom stereocenters. The summed E-state index contributed by atoms with van der Waals surface area (Å²) in [5.41, 5.74) is 1.77. The van der Waals surface area contributed by atoms with Gasteiger partial charge < -0.3 is 14.6 Å². The second kappa shape index (κ2) is 4.14. The first-order valence-electron chi connectivity index (χ1n) is 4.00. The number of carbonyl (C=O) groups is 1. The van der Waals surface area contributed by atoms with Crippen LogP contribution in [0.4, 0.5) is 0 Å². The molecule has 1 aliphatic heterocycles. The number of pyridine rings is 1. The molecule has 0 aliphatic carbocycles. The van der Waals surface area contributed by atoms with Crippen LogP contribution in [0.1, 0.15) is 34.6 Å². The summed E-state index contributed by atoms with van der Waals surface area (Å²) in [5, 5.41) is 10.5. The first kappa shape index (κ1) is 11.3. The van der Waals surface area contributed by atoms with Crippen LogP contribution < -0.4 is 24.0 Å². The van der Waals surface area contributed by atoms with E-state index in [2.05, 4.69) is 4.98 Å². The molecule has 0 fully saturated rings. The van der Waals surface area contributed by atoms with Crippen LogP contribution in [0.3, 0.4) is 0 Å². The van der Waals surface area contributed by atoms with E-state index in [1.807, 2.05) is 6.92 Å². The van der Waals surface area contributed by atoms with Crippen LogP contribution in [-0.4, -0.2) is 11.0 Å². The van der Waals surface area contributed by atoms with Gasteiger partial charge in [0.1, 0.15) is 0 Å². The molecule has 2 heterocycles. The third-order valence-electron chi connectivity index (χ3n) is 2.15. The van der Waals surface area contributed by atoms with Crippen LogP contribution in [0.5, 0.6) is 0 Å². The molecule has 4 nitrogen and oxygen atoms in total. The Labute approximate surface area is 93.5 Å². The molecule has 68 valence electrons. The van der Waals surface area contributed by atoms with Crippen LogP contribution in [-0.2, 0) is 11.3 Å². The van der Waals surface area contributed by atoms with Crippen LogP contribution in [0.15, 0.2) is 12.3 Å². The molecule has 0 spiro atoms. The Hall–Kier alpha value is -0.823. The molecule has 1 aromatic rings. The van der Waals surface area contributed by atoms with Gasteiger partial charge in [-0.05, 0) is 13.0 Å². The Morgan fingerprint density at radius 3 is 3.07 bits per heavy atom. The van der Waals surface area contributed by atoms with Crippen molar-refractivity contribution in [3.63, 3.8) is 0 Å². The maximum atomic E-state index is 10.5. The summed E-state index contributed by atoms with van der Waals surface area (Å²) in [6.45, 7) is 2.33. The smallest absolute Gasteiger partial charge is 0.545 e. The minimum Gasteiger partial charge on any atom is -0.545 e. The molecule has 5 heteroatoms. The summed E-state index contributed by atoms with van der Waals surface area (Å²) in [6, 6.07) is 1.56. The number of ether oxygens (including phenoxy) is 1. The van der Waals surface area contributed by atoms with Crippen molar-refractivity contribution in [2.75, 3.05) is 0 Å². The van der Waals surface area contributed by atoms with Crippen molar-refractivity contribution in [2.45, 2.75) is 19.6 Å². The number of fused-ring (bicyclic) bond motifs is 1. The number of carboxylic acid groups (broad SMARTS) is 1. The summed E-state index contributed by atoms with van der Waals surface area (Å²) in [4.78, 5) is 14.5. The molecule has 0 bridgehead atoms. The van der Waals surface area contributed by atoms with E-state index in [0.717, 1.165) is 11.3 Å². The first-order chi connectivity index (χ1) is 6.18. The minimum atomic E-state index is -1.20. The van der Waals surface area contributed by atoms with Crippen LogP contribution in [0.25, 0.3) is 0 Å². The quantitative estimate of drug-likeness (QED) is 0.438. The Balaban J connectivity index is 0.000000980. The maximum Gasteiger partial charge on any atom is 1.00 e. The van der Waals surface area contributed by atoms with E-state index >= 15 is 0 Å². The number of nitrogens with zero attached hydrogens (tertiary/aromatic N) is 1. The van der Waals surface area contributed by atoms with E-state index in [1.54, 1.807) is 6.07 Å². The predicted octanol–water partition coefficient (Wildman–Crippen LogP) is -2.96. The molecular weight excluding hydrogens is 177 g/mol. The zero-order valence-electron chi connectivity index (χ0n) is 8.11. The topological polar surface area (TPSA) is 62.2 Å².